The van der Waals surface area contributed by atoms with E-state index in [2.05, 4.69) is 5.32 Å². The molecule has 1 N–H and O–H groups in total. The lowest BCUT2D eigenvalue weighted by Gasteiger charge is -2.22. The topological polar surface area (TPSA) is 38.3 Å². The van der Waals surface area contributed by atoms with Crippen LogP contribution in [-0.2, 0) is 16.0 Å². The van der Waals surface area contributed by atoms with Crippen LogP contribution in [0.15, 0.2) is 18.2 Å². The minimum atomic E-state index is -2.51. The fourth-order valence-corrected chi connectivity index (χ4v) is 2.02. The molecule has 0 aliphatic carbocycles. The Morgan fingerprint density at radius 2 is 2.11 bits per heavy atom. The molecule has 19 heavy (non-hydrogen) atoms. The number of rotatable bonds is 2. The smallest absolute Gasteiger partial charge is 0.329 e. The van der Waals surface area contributed by atoms with Crippen LogP contribution in [0.1, 0.15) is 38.3 Å². The normalized spacial score (nSPS) is 18.1. The Bertz CT molecular complexity index is 495. The lowest BCUT2D eigenvalue weighted by molar-refractivity contribution is -0.155. The van der Waals surface area contributed by atoms with Gasteiger partial charge in [-0.3, -0.25) is 0 Å². The van der Waals surface area contributed by atoms with Crippen LogP contribution in [0, 0.1) is 0 Å². The summed E-state index contributed by atoms with van der Waals surface area (Å²) >= 11 is 0. The molecule has 104 valence electrons. The maximum Gasteiger partial charge on any atom is 0.329 e. The van der Waals surface area contributed by atoms with E-state index in [1.54, 1.807) is 26.8 Å². The zero-order chi connectivity index (χ0) is 14.2. The molecule has 5 heteroatoms. The molecule has 0 radical (unpaired) electrons. The standard InChI is InChI=1S/C14H17F2NO2/c1-14(2,3)19-13(18)11-6-8-4-5-9(12(15)16)7-10(8)17-11/h4-5,7,11-12,17H,6H2,1-3H3/t11-/m1/s1. The van der Waals surface area contributed by atoms with Crippen LogP contribution in [0.4, 0.5) is 14.5 Å². The Morgan fingerprint density at radius 3 is 2.68 bits per heavy atom. The number of ether oxygens (including phenoxy) is 1. The highest BCUT2D eigenvalue weighted by molar-refractivity contribution is 5.83. The van der Waals surface area contributed by atoms with Gasteiger partial charge in [0, 0.05) is 17.7 Å². The van der Waals surface area contributed by atoms with Crippen molar-refractivity contribution in [1.82, 2.24) is 0 Å². The molecule has 1 aliphatic rings. The molecule has 1 aliphatic heterocycles. The molecule has 1 atom stereocenters. The second kappa shape index (κ2) is 4.79. The summed E-state index contributed by atoms with van der Waals surface area (Å²) in [6.45, 7) is 5.38. The van der Waals surface area contributed by atoms with Gasteiger partial charge in [-0.05, 0) is 32.4 Å². The molecule has 0 bridgehead atoms. The first-order valence-corrected chi connectivity index (χ1v) is 6.16. The van der Waals surface area contributed by atoms with E-state index in [0.29, 0.717) is 12.1 Å². The van der Waals surface area contributed by atoms with Gasteiger partial charge in [-0.1, -0.05) is 12.1 Å². The highest BCUT2D eigenvalue weighted by Crippen LogP contribution is 2.31. The van der Waals surface area contributed by atoms with Gasteiger partial charge in [0.25, 0.3) is 6.43 Å². The zero-order valence-electron chi connectivity index (χ0n) is 11.2. The van der Waals surface area contributed by atoms with Crippen molar-refractivity contribution in [3.63, 3.8) is 0 Å². The molecule has 1 aromatic rings. The third kappa shape index (κ3) is 3.22. The largest absolute Gasteiger partial charge is 0.458 e. The number of carbonyl (C=O) groups is 1. The van der Waals surface area contributed by atoms with E-state index in [9.17, 15) is 13.6 Å². The van der Waals surface area contributed by atoms with Gasteiger partial charge in [-0.2, -0.15) is 0 Å². The number of carbonyl (C=O) groups excluding carboxylic acids is 1. The number of esters is 1. The SMILES string of the molecule is CC(C)(C)OC(=O)[C@H]1Cc2ccc(C(F)F)cc2N1. The Kier molecular flexibility index (Phi) is 3.47. The average Bonchev–Trinajstić information content (AvgIpc) is 2.68. The Labute approximate surface area is 111 Å². The Morgan fingerprint density at radius 1 is 1.42 bits per heavy atom. The first-order chi connectivity index (χ1) is 8.76. The van der Waals surface area contributed by atoms with Crippen molar-refractivity contribution in [3.05, 3.63) is 29.3 Å². The molecule has 0 fully saturated rings. The molecule has 1 heterocycles. The van der Waals surface area contributed by atoms with Gasteiger partial charge in [0.15, 0.2) is 0 Å². The van der Waals surface area contributed by atoms with E-state index in [1.807, 2.05) is 0 Å². The van der Waals surface area contributed by atoms with E-state index < -0.39 is 18.1 Å². The third-order valence-electron chi connectivity index (χ3n) is 2.83. The molecule has 0 saturated heterocycles. The fourth-order valence-electron chi connectivity index (χ4n) is 2.02. The van der Waals surface area contributed by atoms with Crippen molar-refractivity contribution in [1.29, 1.82) is 0 Å². The van der Waals surface area contributed by atoms with Gasteiger partial charge in [0.2, 0.25) is 0 Å². The maximum atomic E-state index is 12.6. The number of benzene rings is 1. The van der Waals surface area contributed by atoms with Crippen LogP contribution in [0.5, 0.6) is 0 Å². The van der Waals surface area contributed by atoms with Crippen LogP contribution in [0.2, 0.25) is 0 Å². The van der Waals surface area contributed by atoms with Crippen LogP contribution >= 0.6 is 0 Å². The number of hydrogen-bond donors (Lipinski definition) is 1. The van der Waals surface area contributed by atoms with Gasteiger partial charge in [0.1, 0.15) is 11.6 Å². The molecule has 0 saturated carbocycles. The first kappa shape index (κ1) is 13.8. The second-order valence-corrected chi connectivity index (χ2v) is 5.65. The van der Waals surface area contributed by atoms with Crippen LogP contribution in [0.25, 0.3) is 0 Å². The zero-order valence-corrected chi connectivity index (χ0v) is 11.2. The van der Waals surface area contributed by atoms with Crippen LogP contribution in [-0.4, -0.2) is 17.6 Å². The number of anilines is 1. The fraction of sp³-hybridized carbons (Fsp3) is 0.500. The van der Waals surface area contributed by atoms with Crippen molar-refractivity contribution in [2.24, 2.45) is 0 Å². The van der Waals surface area contributed by atoms with Crippen molar-refractivity contribution in [2.75, 3.05) is 5.32 Å². The Hall–Kier alpha value is -1.65. The van der Waals surface area contributed by atoms with Gasteiger partial charge < -0.3 is 10.1 Å². The molecule has 1 aromatic carbocycles. The average molecular weight is 269 g/mol. The van der Waals surface area contributed by atoms with Gasteiger partial charge >= 0.3 is 5.97 Å². The molecule has 3 nitrogen and oxygen atoms in total. The minimum Gasteiger partial charge on any atom is -0.458 e. The summed E-state index contributed by atoms with van der Waals surface area (Å²) in [4.78, 5) is 11.9. The quantitative estimate of drug-likeness (QED) is 0.837. The highest BCUT2D eigenvalue weighted by Gasteiger charge is 2.31. The van der Waals surface area contributed by atoms with Crippen LogP contribution in [0.3, 0.4) is 0 Å². The molecule has 0 unspecified atom stereocenters. The molecular formula is C14H17F2NO2. The van der Waals surface area contributed by atoms with E-state index in [-0.39, 0.29) is 11.5 Å². The summed E-state index contributed by atoms with van der Waals surface area (Å²) in [6.07, 6.45) is -2.04. The summed E-state index contributed by atoms with van der Waals surface area (Å²) in [6, 6.07) is 3.92. The number of hydrogen-bond acceptors (Lipinski definition) is 3. The van der Waals surface area contributed by atoms with E-state index in [4.69, 9.17) is 4.74 Å². The van der Waals surface area contributed by atoms with Gasteiger partial charge in [-0.25, -0.2) is 13.6 Å². The predicted molar refractivity (Wildman–Crippen MR) is 68.4 cm³/mol. The third-order valence-corrected chi connectivity index (χ3v) is 2.83. The molecule has 0 spiro atoms. The molecule has 0 amide bonds. The summed E-state index contributed by atoms with van der Waals surface area (Å²) in [5.74, 6) is -0.359. The summed E-state index contributed by atoms with van der Waals surface area (Å²) in [5.41, 5.74) is 0.854. The van der Waals surface area contributed by atoms with Crippen molar-refractivity contribution < 1.29 is 18.3 Å². The highest BCUT2D eigenvalue weighted by atomic mass is 19.3. The molecule has 0 aromatic heterocycles. The minimum absolute atomic E-state index is 0.0453. The number of fused-ring (bicyclic) bond motifs is 1. The Balaban J connectivity index is 2.10. The molecular weight excluding hydrogens is 252 g/mol. The van der Waals surface area contributed by atoms with Gasteiger partial charge in [-0.15, -0.1) is 0 Å². The van der Waals surface area contributed by atoms with E-state index in [0.717, 1.165) is 5.56 Å². The second-order valence-electron chi connectivity index (χ2n) is 5.65. The van der Waals surface area contributed by atoms with Crippen LogP contribution < -0.4 is 5.32 Å². The summed E-state index contributed by atoms with van der Waals surface area (Å²) in [5, 5.41) is 2.94. The first-order valence-electron chi connectivity index (χ1n) is 6.16. The van der Waals surface area contributed by atoms with Gasteiger partial charge in [0.05, 0.1) is 0 Å². The number of halogens is 2. The lowest BCUT2D eigenvalue weighted by atomic mass is 10.1. The van der Waals surface area contributed by atoms with Crippen molar-refractivity contribution >= 4 is 11.7 Å². The van der Waals surface area contributed by atoms with Crippen molar-refractivity contribution in [2.45, 2.75) is 45.3 Å². The van der Waals surface area contributed by atoms with E-state index >= 15 is 0 Å². The predicted octanol–water partition coefficient (Wildman–Crippen LogP) is 3.30. The summed E-state index contributed by atoms with van der Waals surface area (Å²) < 4.78 is 30.5. The number of alkyl halides is 2. The monoisotopic (exact) mass is 269 g/mol. The summed E-state index contributed by atoms with van der Waals surface area (Å²) in [7, 11) is 0. The van der Waals surface area contributed by atoms with Crippen molar-refractivity contribution in [3.8, 4) is 0 Å². The van der Waals surface area contributed by atoms with E-state index in [1.165, 1.54) is 12.1 Å². The number of nitrogens with one attached hydrogen (secondary N) is 1. The lowest BCUT2D eigenvalue weighted by Crippen LogP contribution is -2.35. The maximum absolute atomic E-state index is 12.6. The molecule has 2 rings (SSSR count).